The predicted molar refractivity (Wildman–Crippen MR) is 246 cm³/mol. The normalized spacial score (nSPS) is 30.1. The number of hydrogen-bond donors (Lipinski definition) is 11. The van der Waals surface area contributed by atoms with E-state index in [1.165, 1.54) is 33.2 Å². The second kappa shape index (κ2) is 22.5. The minimum Gasteiger partial charge on any atom is -0.387 e. The van der Waals surface area contributed by atoms with Gasteiger partial charge in [-0.3, -0.25) is 46.8 Å². The first kappa shape index (κ1) is 57.3. The summed E-state index contributed by atoms with van der Waals surface area (Å²) in [5, 5.41) is 32.6. The number of aliphatic hydroxyl groups is 3. The molecule has 37 nitrogen and oxygen atoms in total. The van der Waals surface area contributed by atoms with E-state index in [0.717, 1.165) is 36.6 Å². The zero-order valence-electron chi connectivity index (χ0n) is 39.1. The molecule has 0 radical (unpaired) electrons. The zero-order valence-corrected chi connectivity index (χ0v) is 42.7. The largest absolute Gasteiger partial charge is 0.490 e. The van der Waals surface area contributed by atoms with Gasteiger partial charge in [0.25, 0.3) is 16.7 Å². The van der Waals surface area contributed by atoms with Gasteiger partial charge in [0.15, 0.2) is 23.9 Å². The number of aromatic amines is 2. The molecule has 76 heavy (non-hydrogen) atoms. The molecule has 16 atom stereocenters. The van der Waals surface area contributed by atoms with E-state index in [-0.39, 0.29) is 47.2 Å². The topological polar surface area (TPSA) is 516 Å². The molecule has 0 saturated carbocycles. The summed E-state index contributed by atoms with van der Waals surface area (Å²) in [5.41, 5.74) is 9.28. The van der Waals surface area contributed by atoms with Crippen molar-refractivity contribution in [3.63, 3.8) is 0 Å². The number of methoxy groups -OCH3 is 2. The lowest BCUT2D eigenvalue weighted by Gasteiger charge is -2.26. The summed E-state index contributed by atoms with van der Waals surface area (Å²) < 4.78 is 115. The quantitative estimate of drug-likeness (QED) is 0.0173. The molecule has 5 aromatic heterocycles. The fraction of sp³-hybridized carbons (Fsp3) is 0.543. The summed E-state index contributed by atoms with van der Waals surface area (Å²) in [4.78, 5) is 99.9. The van der Waals surface area contributed by atoms with Gasteiger partial charge in [-0.15, -0.1) is 0 Å². The van der Waals surface area contributed by atoms with Gasteiger partial charge >= 0.3 is 42.5 Å². The Morgan fingerprint density at radius 1 is 0.750 bits per heavy atom. The average Bonchev–Trinajstić information content (AvgIpc) is 4.17. The van der Waals surface area contributed by atoms with E-state index in [9.17, 15) is 67.5 Å². The number of ether oxygens (including phenoxy) is 5. The third-order valence-corrected chi connectivity index (χ3v) is 17.0. The maximum Gasteiger partial charge on any atom is 0.490 e. The van der Waals surface area contributed by atoms with Crippen molar-refractivity contribution < 1.29 is 108 Å². The van der Waals surface area contributed by atoms with E-state index in [0.29, 0.717) is 0 Å². The van der Waals surface area contributed by atoms with E-state index in [2.05, 4.69) is 40.1 Å². The van der Waals surface area contributed by atoms with Gasteiger partial charge in [0.2, 0.25) is 18.5 Å². The number of aliphatic hydroxyl groups excluding tert-OH is 3. The van der Waals surface area contributed by atoms with Crippen LogP contribution in [0, 0.1) is 5.92 Å². The van der Waals surface area contributed by atoms with Crippen LogP contribution in [-0.4, -0.2) is 168 Å². The Kier molecular flexibility index (Phi) is 16.9. The average molecular weight is 1160 g/mol. The van der Waals surface area contributed by atoms with Crippen LogP contribution in [0.3, 0.4) is 0 Å². The Bertz CT molecular complexity index is 3340. The van der Waals surface area contributed by atoms with Crippen LogP contribution in [0.2, 0.25) is 0 Å². The van der Waals surface area contributed by atoms with Crippen molar-refractivity contribution in [1.82, 2.24) is 43.6 Å². The molecule has 3 saturated heterocycles. The second-order valence-electron chi connectivity index (χ2n) is 16.7. The number of nitrogens with zero attached hydrogens (tertiary/aromatic N) is 8. The van der Waals surface area contributed by atoms with Crippen LogP contribution in [0.1, 0.15) is 18.7 Å². The number of phosphoric acid groups is 4. The molecule has 418 valence electrons. The number of rotatable bonds is 23. The molecule has 0 amide bonds. The number of nitrogens with one attached hydrogen (secondary N) is 2. The summed E-state index contributed by atoms with van der Waals surface area (Å²) >= 11 is 0. The Labute approximate surface area is 423 Å². The van der Waals surface area contributed by atoms with Gasteiger partial charge in [-0.05, 0) is 0 Å². The molecule has 0 aromatic carbocycles. The Morgan fingerprint density at radius 3 is 2.04 bits per heavy atom. The van der Waals surface area contributed by atoms with Crippen molar-refractivity contribution in [1.29, 1.82) is 0 Å². The summed E-state index contributed by atoms with van der Waals surface area (Å²) in [6, 6.07) is 0.925. The van der Waals surface area contributed by atoms with Crippen molar-refractivity contribution in [3.8, 4) is 0 Å². The van der Waals surface area contributed by atoms with Gasteiger partial charge in [-0.25, -0.2) is 42.6 Å². The first-order valence-corrected chi connectivity index (χ1v) is 27.8. The van der Waals surface area contributed by atoms with E-state index in [1.54, 1.807) is 0 Å². The van der Waals surface area contributed by atoms with Crippen LogP contribution >= 0.6 is 31.3 Å². The number of allylic oxidation sites excluding steroid dienone is 1. The molecular formula is C35H49N12O25P4+. The zero-order chi connectivity index (χ0) is 55.2. The number of nitrogen functional groups attached to an aromatic ring is 2. The van der Waals surface area contributed by atoms with Crippen LogP contribution in [0.25, 0.3) is 22.3 Å². The number of nitrogens with two attached hydrogens (primary N) is 2. The van der Waals surface area contributed by atoms with Crippen molar-refractivity contribution >= 4 is 65.4 Å². The predicted octanol–water partition coefficient (Wildman–Crippen LogP) is -3.33. The molecule has 3 fully saturated rings. The molecule has 41 heteroatoms. The van der Waals surface area contributed by atoms with Crippen molar-refractivity contribution in [2.24, 2.45) is 5.92 Å². The Morgan fingerprint density at radius 2 is 1.38 bits per heavy atom. The lowest BCUT2D eigenvalue weighted by atomic mass is 9.99. The summed E-state index contributed by atoms with van der Waals surface area (Å²) in [5.74, 6) is -1.43. The van der Waals surface area contributed by atoms with Gasteiger partial charge in [0.05, 0.1) is 38.9 Å². The van der Waals surface area contributed by atoms with Crippen LogP contribution in [0.5, 0.6) is 0 Å². The highest BCUT2D eigenvalue weighted by Gasteiger charge is 2.54. The first-order valence-electron chi connectivity index (χ1n) is 21.8. The lowest BCUT2D eigenvalue weighted by molar-refractivity contribution is -0.662. The Hall–Kier alpha value is -4.88. The Balaban J connectivity index is 0.942. The first-order chi connectivity index (χ1) is 35.8. The van der Waals surface area contributed by atoms with Gasteiger partial charge < -0.3 is 70.0 Å². The molecule has 8 heterocycles. The number of H-pyrrole nitrogens is 2. The molecule has 0 bridgehead atoms. The highest BCUT2D eigenvalue weighted by Crippen LogP contribution is 2.68. The monoisotopic (exact) mass is 1160 g/mol. The number of hydrogen-bond acceptors (Lipinski definition) is 27. The molecule has 4 unspecified atom stereocenters. The minimum absolute atomic E-state index is 0.00689. The summed E-state index contributed by atoms with van der Waals surface area (Å²) in [6.07, 6.45) is -11.9. The molecule has 3 aliphatic rings. The number of imidazole rings is 2. The van der Waals surface area contributed by atoms with E-state index < -0.39 is 141 Å². The standard InChI is InChI=1S/C35H48N12O25P4/c1-4-6-44-14-47(29-21(44)30(52)43-34(37)42-29)31-22(49)15(8-62-2)16(67-31)9-65-74(56,57)71-76(60,61)72-75(58,59)66-11-18-25(26(63-3)33(69-18)46-13-40-20-27(36)38-12-39-28(20)46)70-73(54,55)64-10-17-23(50)24(51)32(68-17)45-7-5-19(48)41-35(45)53/h4-5,7,12-18,22-26,31-33,49-51H,1,6,8-11H2,2-3H3,(H9-,36,37,38,39,41,42,43,48,52,53,54,55,56,57,58,59,60,61)/p+1/t15-,16-,17-,18-,22-,23-,24-,25-,26-,31-,32-,33-/m1/s1. The highest BCUT2D eigenvalue weighted by atomic mass is 31.3. The van der Waals surface area contributed by atoms with Crippen LogP contribution in [-0.2, 0) is 75.2 Å². The third-order valence-electron chi connectivity index (χ3n) is 11.7. The molecule has 0 spiro atoms. The van der Waals surface area contributed by atoms with Gasteiger partial charge in [0, 0.05) is 32.4 Å². The van der Waals surface area contributed by atoms with Gasteiger partial charge in [-0.1, -0.05) is 12.7 Å². The maximum absolute atomic E-state index is 13.6. The number of anilines is 2. The SMILES string of the molecule is C=CC[n+]1cn([C@@H]2O[C@H](COP(=O)(O)OP(=O)(O)OP(=O)(O)OC[C@H]3O[C@@H](n4cnc5c(N)ncnc54)[C@H](OC)[C@@H]3OP(=O)(O)OC[C@H]3O[C@@H](n4ccc(=O)[nH]c4=O)[C@H](O)[C@@H]3O)[C@@H](COC)[C@H]2O)c2nc(N)[nH]c(=O)c21. The lowest BCUT2D eigenvalue weighted by Crippen LogP contribution is -2.38. The van der Waals surface area contributed by atoms with Crippen molar-refractivity contribution in [2.45, 2.75) is 74.1 Å². The molecular weight excluding hydrogens is 1110 g/mol. The smallest absolute Gasteiger partial charge is 0.387 e. The third kappa shape index (κ3) is 12.2. The van der Waals surface area contributed by atoms with E-state index in [1.807, 2.05) is 4.98 Å². The van der Waals surface area contributed by atoms with Gasteiger partial charge in [0.1, 0.15) is 61.1 Å². The van der Waals surface area contributed by atoms with Crippen LogP contribution in [0.15, 0.2) is 58.3 Å². The van der Waals surface area contributed by atoms with E-state index >= 15 is 0 Å². The number of aromatic nitrogens is 10. The molecule has 8 rings (SSSR count). The number of fused-ring (bicyclic) bond motifs is 2. The molecule has 13 N–H and O–H groups in total. The fourth-order valence-corrected chi connectivity index (χ4v) is 12.9. The second-order valence-corrected chi connectivity index (χ2v) is 22.7. The minimum atomic E-state index is -6.19. The summed E-state index contributed by atoms with van der Waals surface area (Å²) in [7, 11) is -21.1. The van der Waals surface area contributed by atoms with Crippen molar-refractivity contribution in [3.05, 3.63) is 75.1 Å². The fourth-order valence-electron chi connectivity index (χ4n) is 8.46. The summed E-state index contributed by atoms with van der Waals surface area (Å²) in [6.45, 7) is 0.233. The molecule has 5 aromatic rings. The number of phosphoric ester groups is 3. The van der Waals surface area contributed by atoms with Crippen LogP contribution in [0.4, 0.5) is 11.8 Å². The van der Waals surface area contributed by atoms with Gasteiger partial charge in [-0.2, -0.15) is 18.2 Å². The maximum atomic E-state index is 13.6. The molecule has 3 aliphatic heterocycles. The van der Waals surface area contributed by atoms with E-state index in [4.69, 9.17) is 53.2 Å². The highest BCUT2D eigenvalue weighted by molar-refractivity contribution is 7.66. The molecule has 0 aliphatic carbocycles. The van der Waals surface area contributed by atoms with Crippen molar-refractivity contribution in [2.75, 3.05) is 52.1 Å². The van der Waals surface area contributed by atoms with Crippen LogP contribution < -0.4 is 32.8 Å².